The predicted molar refractivity (Wildman–Crippen MR) is 60.0 cm³/mol. The number of amides is 1. The highest BCUT2D eigenvalue weighted by atomic mass is 16.2. The largest absolute Gasteiger partial charge is 0.349 e. The van der Waals surface area contributed by atoms with Crippen LogP contribution in [0.1, 0.15) is 10.5 Å². The van der Waals surface area contributed by atoms with Crippen molar-refractivity contribution in [2.45, 2.75) is 6.54 Å². The molecule has 0 unspecified atom stereocenters. The molecule has 1 amide bonds. The molecule has 0 saturated heterocycles. The lowest BCUT2D eigenvalue weighted by Crippen LogP contribution is -2.31. The lowest BCUT2D eigenvalue weighted by molar-refractivity contribution is 0.0946. The van der Waals surface area contributed by atoms with Crippen LogP contribution in [-0.4, -0.2) is 59.5 Å². The Bertz CT molecular complexity index is 334. The third kappa shape index (κ3) is 3.95. The van der Waals surface area contributed by atoms with E-state index in [4.69, 9.17) is 5.73 Å². The molecular formula is C9H18N6O. The predicted octanol–water partition coefficient (Wildman–Crippen LogP) is -1.47. The van der Waals surface area contributed by atoms with Gasteiger partial charge in [0, 0.05) is 19.6 Å². The van der Waals surface area contributed by atoms with Crippen LogP contribution in [0.25, 0.3) is 0 Å². The Morgan fingerprint density at radius 2 is 2.38 bits per heavy atom. The second-order valence-corrected chi connectivity index (χ2v) is 3.71. The van der Waals surface area contributed by atoms with E-state index in [-0.39, 0.29) is 5.91 Å². The standard InChI is InChI=1S/C9H18N6O/c1-14(2)6-4-11-9(16)8-7-15(5-3-10)13-12-8/h7H,3-6,10H2,1-2H3,(H,11,16). The number of nitrogens with two attached hydrogens (primary N) is 1. The van der Waals surface area contributed by atoms with E-state index in [0.29, 0.717) is 25.3 Å². The molecule has 16 heavy (non-hydrogen) atoms. The Hall–Kier alpha value is -1.47. The van der Waals surface area contributed by atoms with Crippen LogP contribution >= 0.6 is 0 Å². The van der Waals surface area contributed by atoms with Crippen molar-refractivity contribution in [3.63, 3.8) is 0 Å². The van der Waals surface area contributed by atoms with Crippen molar-refractivity contribution in [1.82, 2.24) is 25.2 Å². The fraction of sp³-hybridized carbons (Fsp3) is 0.667. The zero-order valence-electron chi connectivity index (χ0n) is 9.68. The number of nitrogens with one attached hydrogen (secondary N) is 1. The number of nitrogens with zero attached hydrogens (tertiary/aromatic N) is 4. The molecule has 0 spiro atoms. The van der Waals surface area contributed by atoms with Crippen LogP contribution in [0.3, 0.4) is 0 Å². The van der Waals surface area contributed by atoms with Crippen LogP contribution in [0, 0.1) is 0 Å². The quantitative estimate of drug-likeness (QED) is 0.618. The highest BCUT2D eigenvalue weighted by Gasteiger charge is 2.09. The van der Waals surface area contributed by atoms with Gasteiger partial charge >= 0.3 is 0 Å². The number of carbonyl (C=O) groups is 1. The molecule has 1 rings (SSSR count). The number of carbonyl (C=O) groups excluding carboxylic acids is 1. The fourth-order valence-electron chi connectivity index (χ4n) is 1.13. The van der Waals surface area contributed by atoms with Crippen LogP contribution < -0.4 is 11.1 Å². The summed E-state index contributed by atoms with van der Waals surface area (Å²) in [5, 5.41) is 10.3. The zero-order valence-corrected chi connectivity index (χ0v) is 9.68. The lowest BCUT2D eigenvalue weighted by Gasteiger charge is -2.09. The molecule has 3 N–H and O–H groups in total. The summed E-state index contributed by atoms with van der Waals surface area (Å²) in [6, 6.07) is 0. The van der Waals surface area contributed by atoms with Crippen molar-refractivity contribution in [2.24, 2.45) is 5.73 Å². The topological polar surface area (TPSA) is 89.1 Å². The van der Waals surface area contributed by atoms with Crippen LogP contribution in [0.15, 0.2) is 6.20 Å². The first-order valence-corrected chi connectivity index (χ1v) is 5.16. The van der Waals surface area contributed by atoms with Crippen molar-refractivity contribution >= 4 is 5.91 Å². The van der Waals surface area contributed by atoms with E-state index >= 15 is 0 Å². The van der Waals surface area contributed by atoms with Crippen LogP contribution in [0.4, 0.5) is 0 Å². The first-order valence-electron chi connectivity index (χ1n) is 5.16. The van der Waals surface area contributed by atoms with Gasteiger partial charge in [0.05, 0.1) is 12.7 Å². The molecule has 1 aromatic rings. The van der Waals surface area contributed by atoms with Gasteiger partial charge < -0.3 is 16.0 Å². The molecule has 0 bridgehead atoms. The molecule has 0 radical (unpaired) electrons. The summed E-state index contributed by atoms with van der Waals surface area (Å²) in [6.45, 7) is 2.43. The van der Waals surface area contributed by atoms with Gasteiger partial charge in [0.2, 0.25) is 0 Å². The highest BCUT2D eigenvalue weighted by Crippen LogP contribution is 1.92. The second kappa shape index (κ2) is 6.19. The molecule has 0 aliphatic heterocycles. The molecule has 0 aliphatic rings. The van der Waals surface area contributed by atoms with E-state index in [1.165, 1.54) is 0 Å². The number of hydrogen-bond acceptors (Lipinski definition) is 5. The summed E-state index contributed by atoms with van der Waals surface area (Å²) in [6.07, 6.45) is 1.60. The average Bonchev–Trinajstić information content (AvgIpc) is 2.66. The summed E-state index contributed by atoms with van der Waals surface area (Å²) in [5.41, 5.74) is 5.69. The Kier molecular flexibility index (Phi) is 4.87. The summed E-state index contributed by atoms with van der Waals surface area (Å²) in [7, 11) is 3.90. The SMILES string of the molecule is CN(C)CCNC(=O)c1cn(CCN)nn1. The zero-order chi connectivity index (χ0) is 12.0. The number of rotatable bonds is 6. The van der Waals surface area contributed by atoms with Gasteiger partial charge in [0.15, 0.2) is 5.69 Å². The molecule has 7 heteroatoms. The molecular weight excluding hydrogens is 208 g/mol. The van der Waals surface area contributed by atoms with E-state index in [1.807, 2.05) is 19.0 Å². The molecule has 1 aromatic heterocycles. The lowest BCUT2D eigenvalue weighted by atomic mass is 10.4. The van der Waals surface area contributed by atoms with Crippen LogP contribution in [0.2, 0.25) is 0 Å². The normalized spacial score (nSPS) is 10.8. The minimum atomic E-state index is -0.204. The first-order chi connectivity index (χ1) is 7.63. The molecule has 0 fully saturated rings. The molecule has 0 aliphatic carbocycles. The van der Waals surface area contributed by atoms with E-state index in [0.717, 1.165) is 6.54 Å². The minimum Gasteiger partial charge on any atom is -0.349 e. The molecule has 0 atom stereocenters. The van der Waals surface area contributed by atoms with E-state index < -0.39 is 0 Å². The van der Waals surface area contributed by atoms with Gasteiger partial charge in [-0.3, -0.25) is 9.48 Å². The molecule has 90 valence electrons. The average molecular weight is 226 g/mol. The number of aromatic nitrogens is 3. The Labute approximate surface area is 94.6 Å². The van der Waals surface area contributed by atoms with Gasteiger partial charge in [0.25, 0.3) is 5.91 Å². The third-order valence-electron chi connectivity index (χ3n) is 1.97. The maximum Gasteiger partial charge on any atom is 0.273 e. The van der Waals surface area contributed by atoms with Gasteiger partial charge in [-0.2, -0.15) is 0 Å². The van der Waals surface area contributed by atoms with E-state index in [9.17, 15) is 4.79 Å². The molecule has 1 heterocycles. The summed E-state index contributed by atoms with van der Waals surface area (Å²) in [5.74, 6) is -0.204. The Balaban J connectivity index is 2.40. The van der Waals surface area contributed by atoms with Gasteiger partial charge in [-0.05, 0) is 14.1 Å². The minimum absolute atomic E-state index is 0.204. The van der Waals surface area contributed by atoms with Crippen molar-refractivity contribution < 1.29 is 4.79 Å². The van der Waals surface area contributed by atoms with Crippen molar-refractivity contribution in [3.8, 4) is 0 Å². The van der Waals surface area contributed by atoms with Crippen molar-refractivity contribution in [2.75, 3.05) is 33.7 Å². The van der Waals surface area contributed by atoms with Gasteiger partial charge in [-0.25, -0.2) is 0 Å². The van der Waals surface area contributed by atoms with Gasteiger partial charge in [-0.15, -0.1) is 5.10 Å². The summed E-state index contributed by atoms with van der Waals surface area (Å²) in [4.78, 5) is 13.6. The number of hydrogen-bond donors (Lipinski definition) is 2. The van der Waals surface area contributed by atoms with E-state index in [2.05, 4.69) is 15.6 Å². The molecule has 0 aromatic carbocycles. The maximum atomic E-state index is 11.6. The molecule has 7 nitrogen and oxygen atoms in total. The van der Waals surface area contributed by atoms with Crippen LogP contribution in [0.5, 0.6) is 0 Å². The van der Waals surface area contributed by atoms with Crippen molar-refractivity contribution in [3.05, 3.63) is 11.9 Å². The van der Waals surface area contributed by atoms with Crippen molar-refractivity contribution in [1.29, 1.82) is 0 Å². The number of likely N-dealkylation sites (N-methyl/N-ethyl adjacent to an activating group) is 1. The van der Waals surface area contributed by atoms with Gasteiger partial charge in [-0.1, -0.05) is 5.21 Å². The fourth-order valence-corrected chi connectivity index (χ4v) is 1.13. The Morgan fingerprint density at radius 3 is 3.00 bits per heavy atom. The Morgan fingerprint density at radius 1 is 1.62 bits per heavy atom. The summed E-state index contributed by atoms with van der Waals surface area (Å²) < 4.78 is 1.56. The van der Waals surface area contributed by atoms with Crippen LogP contribution in [-0.2, 0) is 6.54 Å². The maximum absolute atomic E-state index is 11.6. The smallest absolute Gasteiger partial charge is 0.273 e. The first kappa shape index (κ1) is 12.6. The third-order valence-corrected chi connectivity index (χ3v) is 1.97. The highest BCUT2D eigenvalue weighted by molar-refractivity contribution is 5.91. The summed E-state index contributed by atoms with van der Waals surface area (Å²) >= 11 is 0. The molecule has 0 saturated carbocycles. The van der Waals surface area contributed by atoms with Gasteiger partial charge in [0.1, 0.15) is 0 Å². The monoisotopic (exact) mass is 226 g/mol. The van der Waals surface area contributed by atoms with E-state index in [1.54, 1.807) is 10.9 Å². The second-order valence-electron chi connectivity index (χ2n) is 3.71.